The van der Waals surface area contributed by atoms with Crippen LogP contribution in [0.4, 0.5) is 11.4 Å². The summed E-state index contributed by atoms with van der Waals surface area (Å²) < 4.78 is 7.03. The second-order valence-electron chi connectivity index (χ2n) is 7.01. The van der Waals surface area contributed by atoms with Gasteiger partial charge in [-0.3, -0.25) is 14.9 Å². The molecule has 158 valence electrons. The highest BCUT2D eigenvalue weighted by Gasteiger charge is 2.21. The predicted octanol–water partition coefficient (Wildman–Crippen LogP) is 3.57. The van der Waals surface area contributed by atoms with Gasteiger partial charge in [0.05, 0.1) is 28.7 Å². The number of aromatic nitrogens is 1. The lowest BCUT2D eigenvalue weighted by atomic mass is 10.1. The zero-order valence-electron chi connectivity index (χ0n) is 17.1. The van der Waals surface area contributed by atoms with Gasteiger partial charge in [0.2, 0.25) is 5.78 Å². The topological polar surface area (TPSA) is 118 Å². The number of non-ortho nitro benzene ring substituents is 1. The van der Waals surface area contributed by atoms with Crippen LogP contribution in [0.3, 0.4) is 0 Å². The minimum absolute atomic E-state index is 0.00319. The highest BCUT2D eigenvalue weighted by atomic mass is 16.6. The van der Waals surface area contributed by atoms with Crippen molar-refractivity contribution < 1.29 is 19.2 Å². The number of para-hydroxylation sites is 1. The number of nitro benzene ring substituents is 1. The van der Waals surface area contributed by atoms with E-state index in [1.165, 1.54) is 12.1 Å². The third kappa shape index (κ3) is 4.53. The number of carbonyl (C=O) groups excluding carboxylic acids is 2. The van der Waals surface area contributed by atoms with Crippen molar-refractivity contribution in [2.45, 2.75) is 13.0 Å². The van der Waals surface area contributed by atoms with Gasteiger partial charge in [0.15, 0.2) is 6.61 Å². The van der Waals surface area contributed by atoms with Crippen LogP contribution in [0.15, 0.2) is 48.7 Å². The molecule has 1 aromatic heterocycles. The van der Waals surface area contributed by atoms with E-state index in [4.69, 9.17) is 10.00 Å². The Bertz CT molecular complexity index is 1210. The number of hydrogen-bond acceptors (Lipinski definition) is 7. The lowest BCUT2D eigenvalue weighted by molar-refractivity contribution is -0.384. The van der Waals surface area contributed by atoms with E-state index in [1.54, 1.807) is 37.3 Å². The Hall–Kier alpha value is -4.19. The predicted molar refractivity (Wildman–Crippen MR) is 114 cm³/mol. The quantitative estimate of drug-likeness (QED) is 0.236. The van der Waals surface area contributed by atoms with E-state index in [0.717, 1.165) is 11.6 Å². The van der Waals surface area contributed by atoms with Crippen LogP contribution < -0.4 is 4.90 Å². The maximum atomic E-state index is 12.8. The lowest BCUT2D eigenvalue weighted by Crippen LogP contribution is -2.18. The number of Topliss-reactive ketones (excluding diaryl/α,β-unsaturated/α-hetero) is 1. The number of fused-ring (bicyclic) bond motifs is 1. The molecule has 0 N–H and O–H groups in total. The number of aryl methyl sites for hydroxylation is 1. The average molecular weight is 420 g/mol. The van der Waals surface area contributed by atoms with Crippen LogP contribution in [-0.4, -0.2) is 41.9 Å². The molecule has 9 heteroatoms. The van der Waals surface area contributed by atoms with Crippen LogP contribution in [0.1, 0.15) is 27.1 Å². The first-order valence-corrected chi connectivity index (χ1v) is 9.44. The Kier molecular flexibility index (Phi) is 6.31. The monoisotopic (exact) mass is 420 g/mol. The van der Waals surface area contributed by atoms with Gasteiger partial charge >= 0.3 is 5.97 Å². The summed E-state index contributed by atoms with van der Waals surface area (Å²) in [5.41, 5.74) is 1.39. The third-order valence-corrected chi connectivity index (χ3v) is 4.78. The Morgan fingerprint density at radius 1 is 1.19 bits per heavy atom. The standard InChI is InChI=1S/C22H20N4O5/c1-24(2)19-9-8-15(26(29)30)12-17(19)22(28)31-14-21(27)18-13-25(11-5-10-23)20-7-4-3-6-16(18)20/h3-4,6-9,12-13H,5,11,14H2,1-2H3. The zero-order chi connectivity index (χ0) is 22.5. The molecule has 9 nitrogen and oxygen atoms in total. The molecule has 0 spiro atoms. The van der Waals surface area contributed by atoms with Crippen molar-refractivity contribution in [3.05, 3.63) is 69.9 Å². The first-order chi connectivity index (χ1) is 14.8. The number of hydrogen-bond donors (Lipinski definition) is 0. The van der Waals surface area contributed by atoms with Crippen LogP contribution in [-0.2, 0) is 11.3 Å². The Morgan fingerprint density at radius 3 is 2.61 bits per heavy atom. The van der Waals surface area contributed by atoms with Crippen molar-refractivity contribution in [1.29, 1.82) is 5.26 Å². The highest BCUT2D eigenvalue weighted by molar-refractivity contribution is 6.09. The van der Waals surface area contributed by atoms with Crippen molar-refractivity contribution in [3.63, 3.8) is 0 Å². The molecule has 2 aromatic carbocycles. The first-order valence-electron chi connectivity index (χ1n) is 9.44. The second-order valence-corrected chi connectivity index (χ2v) is 7.01. The van der Waals surface area contributed by atoms with E-state index in [1.807, 2.05) is 16.7 Å². The smallest absolute Gasteiger partial charge is 0.340 e. The van der Waals surface area contributed by atoms with Gasteiger partial charge in [-0.1, -0.05) is 18.2 Å². The minimum atomic E-state index is -0.825. The Balaban J connectivity index is 1.83. The number of nitrogens with zero attached hydrogens (tertiary/aromatic N) is 4. The molecule has 0 radical (unpaired) electrons. The van der Waals surface area contributed by atoms with Crippen LogP contribution in [0, 0.1) is 21.4 Å². The number of nitriles is 1. The Labute approximate surface area is 178 Å². The van der Waals surface area contributed by atoms with Crippen molar-refractivity contribution in [3.8, 4) is 6.07 Å². The summed E-state index contributed by atoms with van der Waals surface area (Å²) in [5, 5.41) is 20.6. The van der Waals surface area contributed by atoms with E-state index in [0.29, 0.717) is 29.6 Å². The number of anilines is 1. The molecule has 1 heterocycles. The van der Waals surface area contributed by atoms with Crippen molar-refractivity contribution in [2.24, 2.45) is 0 Å². The molecule has 0 saturated carbocycles. The molecule has 0 unspecified atom stereocenters. The summed E-state index contributed by atoms with van der Waals surface area (Å²) >= 11 is 0. The molecule has 3 aromatic rings. The summed E-state index contributed by atoms with van der Waals surface area (Å²) in [7, 11) is 3.39. The van der Waals surface area contributed by atoms with Gasteiger partial charge in [-0.05, 0) is 12.1 Å². The summed E-state index contributed by atoms with van der Waals surface area (Å²) in [5.74, 6) is -1.23. The number of carbonyl (C=O) groups is 2. The molecule has 0 saturated heterocycles. The fourth-order valence-corrected chi connectivity index (χ4v) is 3.30. The Morgan fingerprint density at radius 2 is 1.94 bits per heavy atom. The van der Waals surface area contributed by atoms with Gasteiger partial charge in [0.25, 0.3) is 5.69 Å². The number of rotatable bonds is 8. The molecule has 0 fully saturated rings. The molecule has 0 aliphatic rings. The van der Waals surface area contributed by atoms with Gasteiger partial charge in [-0.2, -0.15) is 5.26 Å². The van der Waals surface area contributed by atoms with Crippen molar-refractivity contribution in [1.82, 2.24) is 4.57 Å². The minimum Gasteiger partial charge on any atom is -0.454 e. The molecule has 31 heavy (non-hydrogen) atoms. The summed E-state index contributed by atoms with van der Waals surface area (Å²) in [6, 6.07) is 13.2. The van der Waals surface area contributed by atoms with Gasteiger partial charge in [0.1, 0.15) is 0 Å². The van der Waals surface area contributed by atoms with E-state index < -0.39 is 23.3 Å². The van der Waals surface area contributed by atoms with Crippen LogP contribution in [0.2, 0.25) is 0 Å². The molecule has 0 atom stereocenters. The highest BCUT2D eigenvalue weighted by Crippen LogP contribution is 2.26. The van der Waals surface area contributed by atoms with Crippen molar-refractivity contribution >= 4 is 34.0 Å². The number of esters is 1. The number of benzene rings is 2. The normalized spacial score (nSPS) is 10.5. The maximum absolute atomic E-state index is 12.8. The first kappa shape index (κ1) is 21.5. The number of nitro groups is 1. The summed E-state index contributed by atoms with van der Waals surface area (Å²) in [6.07, 6.45) is 1.94. The van der Waals surface area contributed by atoms with Crippen LogP contribution in [0.25, 0.3) is 10.9 Å². The van der Waals surface area contributed by atoms with E-state index in [-0.39, 0.29) is 11.3 Å². The number of ether oxygens (including phenoxy) is 1. The van der Waals surface area contributed by atoms with E-state index in [2.05, 4.69) is 6.07 Å². The van der Waals surface area contributed by atoms with Gasteiger partial charge in [-0.15, -0.1) is 0 Å². The van der Waals surface area contributed by atoms with E-state index >= 15 is 0 Å². The fourth-order valence-electron chi connectivity index (χ4n) is 3.30. The zero-order valence-corrected chi connectivity index (χ0v) is 17.1. The maximum Gasteiger partial charge on any atom is 0.340 e. The van der Waals surface area contributed by atoms with Gasteiger partial charge < -0.3 is 14.2 Å². The fraction of sp³-hybridized carbons (Fsp3) is 0.227. The SMILES string of the molecule is CN(C)c1ccc([N+](=O)[O-])cc1C(=O)OCC(=O)c1cn(CCC#N)c2ccccc12. The molecular formula is C22H20N4O5. The largest absolute Gasteiger partial charge is 0.454 e. The number of ketones is 1. The average Bonchev–Trinajstić information content (AvgIpc) is 3.14. The molecule has 0 aliphatic heterocycles. The van der Waals surface area contributed by atoms with Gasteiger partial charge in [-0.25, -0.2) is 4.79 Å². The van der Waals surface area contributed by atoms with E-state index in [9.17, 15) is 19.7 Å². The molecule has 0 bridgehead atoms. The van der Waals surface area contributed by atoms with Gasteiger partial charge in [0, 0.05) is 55.4 Å². The molecule has 0 amide bonds. The second kappa shape index (κ2) is 9.09. The third-order valence-electron chi connectivity index (χ3n) is 4.78. The summed E-state index contributed by atoms with van der Waals surface area (Å²) in [4.78, 5) is 37.5. The van der Waals surface area contributed by atoms with Crippen LogP contribution >= 0.6 is 0 Å². The van der Waals surface area contributed by atoms with Crippen LogP contribution in [0.5, 0.6) is 0 Å². The van der Waals surface area contributed by atoms with Crippen molar-refractivity contribution in [2.75, 3.05) is 25.6 Å². The molecule has 3 rings (SSSR count). The lowest BCUT2D eigenvalue weighted by Gasteiger charge is -2.16. The molecular weight excluding hydrogens is 400 g/mol. The summed E-state index contributed by atoms with van der Waals surface area (Å²) in [6.45, 7) is -0.0788. The molecule has 0 aliphatic carbocycles.